The molecule has 2 aliphatic rings. The van der Waals surface area contributed by atoms with Gasteiger partial charge in [0.15, 0.2) is 0 Å². The highest BCUT2D eigenvalue weighted by molar-refractivity contribution is 5.15. The molecule has 2 fully saturated rings. The van der Waals surface area contributed by atoms with Crippen LogP contribution in [0.25, 0.3) is 0 Å². The van der Waals surface area contributed by atoms with Gasteiger partial charge in [-0.05, 0) is 12.8 Å². The fraction of sp³-hybridized carbons (Fsp3) is 1.00. The first-order chi connectivity index (χ1) is 5.66. The zero-order valence-corrected chi connectivity index (χ0v) is 7.55. The molecule has 0 amide bonds. The fourth-order valence-corrected chi connectivity index (χ4v) is 2.30. The minimum absolute atomic E-state index is 0.0576. The Bertz CT molecular complexity index is 183. The predicted molar refractivity (Wildman–Crippen MR) is 45.7 cm³/mol. The largest absolute Gasteiger partial charge is 0.389 e. The first kappa shape index (κ1) is 8.48. The first-order valence-electron chi connectivity index (χ1n) is 4.61. The molecule has 3 N–H and O–H groups in total. The van der Waals surface area contributed by atoms with Crippen LogP contribution in [0, 0.1) is 5.41 Å². The van der Waals surface area contributed by atoms with Crippen LogP contribution in [-0.2, 0) is 4.74 Å². The van der Waals surface area contributed by atoms with Gasteiger partial charge in [0.1, 0.15) is 0 Å². The van der Waals surface area contributed by atoms with Crippen molar-refractivity contribution in [1.82, 2.24) is 0 Å². The van der Waals surface area contributed by atoms with E-state index in [1.165, 1.54) is 0 Å². The van der Waals surface area contributed by atoms with E-state index in [-0.39, 0.29) is 11.5 Å². The molecular formula is C9H17NO2. The summed E-state index contributed by atoms with van der Waals surface area (Å²) in [5.74, 6) is 0. The predicted octanol–water partition coefficient (Wildman–Crippen LogP) is 0.265. The Balaban J connectivity index is 1.97. The number of ether oxygens (including phenoxy) is 1. The summed E-state index contributed by atoms with van der Waals surface area (Å²) in [5.41, 5.74) is 5.21. The van der Waals surface area contributed by atoms with Gasteiger partial charge in [0, 0.05) is 31.9 Å². The van der Waals surface area contributed by atoms with Crippen LogP contribution in [0.3, 0.4) is 0 Å². The lowest BCUT2D eigenvalue weighted by Crippen LogP contribution is -2.56. The lowest BCUT2D eigenvalue weighted by atomic mass is 9.67. The Morgan fingerprint density at radius 3 is 2.42 bits per heavy atom. The monoisotopic (exact) mass is 171 g/mol. The van der Waals surface area contributed by atoms with Crippen molar-refractivity contribution in [1.29, 1.82) is 0 Å². The van der Waals surface area contributed by atoms with Crippen LogP contribution in [0.5, 0.6) is 0 Å². The van der Waals surface area contributed by atoms with E-state index >= 15 is 0 Å². The van der Waals surface area contributed by atoms with Crippen LogP contribution in [0.2, 0.25) is 0 Å². The Morgan fingerprint density at radius 1 is 1.50 bits per heavy atom. The zero-order valence-electron chi connectivity index (χ0n) is 7.55. The Hall–Kier alpha value is -0.120. The number of nitrogens with two attached hydrogens (primary N) is 1. The summed E-state index contributed by atoms with van der Waals surface area (Å²) < 4.78 is 5.15. The molecule has 2 saturated carbocycles. The molecule has 70 valence electrons. The van der Waals surface area contributed by atoms with Gasteiger partial charge >= 0.3 is 0 Å². The maximum absolute atomic E-state index is 10.1. The average Bonchev–Trinajstić information content (AvgIpc) is 2.79. The van der Waals surface area contributed by atoms with Crippen molar-refractivity contribution in [2.45, 2.75) is 37.4 Å². The lowest BCUT2D eigenvalue weighted by Gasteiger charge is -2.48. The van der Waals surface area contributed by atoms with Crippen molar-refractivity contribution < 1.29 is 9.84 Å². The minimum atomic E-state index is -0.498. The number of aliphatic hydroxyl groups is 1. The van der Waals surface area contributed by atoms with Crippen LogP contribution < -0.4 is 5.73 Å². The quantitative estimate of drug-likeness (QED) is 0.640. The van der Waals surface area contributed by atoms with Crippen molar-refractivity contribution in [3.8, 4) is 0 Å². The molecule has 0 aliphatic heterocycles. The second-order valence-electron chi connectivity index (χ2n) is 4.28. The maximum Gasteiger partial charge on any atom is 0.0765 e. The molecular weight excluding hydrogens is 154 g/mol. The minimum Gasteiger partial charge on any atom is -0.389 e. The Kier molecular flexibility index (Phi) is 1.72. The highest BCUT2D eigenvalue weighted by Gasteiger charge is 2.63. The lowest BCUT2D eigenvalue weighted by molar-refractivity contribution is -0.165. The third-order valence-corrected chi connectivity index (χ3v) is 3.70. The first-order valence-corrected chi connectivity index (χ1v) is 4.61. The van der Waals surface area contributed by atoms with Crippen LogP contribution in [-0.4, -0.2) is 30.5 Å². The second kappa shape index (κ2) is 2.44. The molecule has 0 radical (unpaired) electrons. The Labute approximate surface area is 72.9 Å². The van der Waals surface area contributed by atoms with Gasteiger partial charge in [-0.2, -0.15) is 0 Å². The van der Waals surface area contributed by atoms with Crippen LogP contribution in [0.1, 0.15) is 25.7 Å². The molecule has 0 bridgehead atoms. The van der Waals surface area contributed by atoms with E-state index in [1.54, 1.807) is 7.11 Å². The molecule has 0 heterocycles. The fourth-order valence-electron chi connectivity index (χ4n) is 2.30. The van der Waals surface area contributed by atoms with Crippen molar-refractivity contribution in [2.24, 2.45) is 11.1 Å². The van der Waals surface area contributed by atoms with Gasteiger partial charge in [-0.15, -0.1) is 0 Å². The van der Waals surface area contributed by atoms with Crippen molar-refractivity contribution in [3.63, 3.8) is 0 Å². The molecule has 3 heteroatoms. The molecule has 0 unspecified atom stereocenters. The van der Waals surface area contributed by atoms with E-state index in [1.807, 2.05) is 0 Å². The summed E-state index contributed by atoms with van der Waals surface area (Å²) in [7, 11) is 1.70. The summed E-state index contributed by atoms with van der Waals surface area (Å²) in [4.78, 5) is 0. The van der Waals surface area contributed by atoms with Crippen molar-refractivity contribution in [2.75, 3.05) is 13.7 Å². The van der Waals surface area contributed by atoms with Crippen LogP contribution in [0.15, 0.2) is 0 Å². The number of methoxy groups -OCH3 is 1. The topological polar surface area (TPSA) is 55.5 Å². The van der Waals surface area contributed by atoms with Gasteiger partial charge in [0.25, 0.3) is 0 Å². The molecule has 0 spiro atoms. The average molecular weight is 171 g/mol. The molecule has 2 rings (SSSR count). The van der Waals surface area contributed by atoms with Gasteiger partial charge in [-0.1, -0.05) is 0 Å². The number of hydrogen-bond acceptors (Lipinski definition) is 3. The summed E-state index contributed by atoms with van der Waals surface area (Å²) in [6.45, 7) is 0.625. The van der Waals surface area contributed by atoms with Crippen molar-refractivity contribution >= 4 is 0 Å². The SMILES string of the molecule is COC1CC(O)(C2(CN)CC2)C1. The van der Waals surface area contributed by atoms with E-state index in [0.29, 0.717) is 6.54 Å². The third-order valence-electron chi connectivity index (χ3n) is 3.70. The van der Waals surface area contributed by atoms with E-state index < -0.39 is 5.60 Å². The Morgan fingerprint density at radius 2 is 2.08 bits per heavy atom. The standard InChI is InChI=1S/C9H17NO2/c1-12-7-4-9(11,5-7)8(6-10)2-3-8/h7,11H,2-6,10H2,1H3. The van der Waals surface area contributed by atoms with Crippen molar-refractivity contribution in [3.05, 3.63) is 0 Å². The van der Waals surface area contributed by atoms with E-state index in [4.69, 9.17) is 10.5 Å². The summed E-state index contributed by atoms with van der Waals surface area (Å²) in [5, 5.41) is 10.1. The molecule has 0 aromatic rings. The highest BCUT2D eigenvalue weighted by atomic mass is 16.5. The maximum atomic E-state index is 10.1. The number of rotatable bonds is 3. The molecule has 12 heavy (non-hydrogen) atoms. The van der Waals surface area contributed by atoms with Gasteiger partial charge in [-0.25, -0.2) is 0 Å². The van der Waals surface area contributed by atoms with Gasteiger partial charge in [-0.3, -0.25) is 0 Å². The molecule has 0 aromatic carbocycles. The molecule has 3 nitrogen and oxygen atoms in total. The highest BCUT2D eigenvalue weighted by Crippen LogP contribution is 2.60. The van der Waals surface area contributed by atoms with Crippen LogP contribution in [0.4, 0.5) is 0 Å². The smallest absolute Gasteiger partial charge is 0.0765 e. The normalized spacial score (nSPS) is 43.8. The van der Waals surface area contributed by atoms with Gasteiger partial charge in [0.2, 0.25) is 0 Å². The van der Waals surface area contributed by atoms with Crippen LogP contribution >= 0.6 is 0 Å². The summed E-state index contributed by atoms with van der Waals surface area (Å²) in [6.07, 6.45) is 4.01. The molecule has 0 aromatic heterocycles. The van der Waals surface area contributed by atoms with Gasteiger partial charge < -0.3 is 15.6 Å². The number of hydrogen-bond donors (Lipinski definition) is 2. The van der Waals surface area contributed by atoms with Gasteiger partial charge in [0.05, 0.1) is 11.7 Å². The zero-order chi connectivity index (χ0) is 8.82. The van der Waals surface area contributed by atoms with E-state index in [9.17, 15) is 5.11 Å². The molecule has 0 saturated heterocycles. The van der Waals surface area contributed by atoms with E-state index in [0.717, 1.165) is 25.7 Å². The summed E-state index contributed by atoms with van der Waals surface area (Å²) >= 11 is 0. The second-order valence-corrected chi connectivity index (χ2v) is 4.28. The third kappa shape index (κ3) is 0.934. The van der Waals surface area contributed by atoms with E-state index in [2.05, 4.69) is 0 Å². The molecule has 0 atom stereocenters. The molecule has 2 aliphatic carbocycles. The summed E-state index contributed by atoms with van der Waals surface area (Å²) in [6, 6.07) is 0.